The second-order valence-corrected chi connectivity index (χ2v) is 13.4. The van der Waals surface area contributed by atoms with Gasteiger partial charge in [0.1, 0.15) is 11.0 Å². The summed E-state index contributed by atoms with van der Waals surface area (Å²) in [7, 11) is 0. The van der Waals surface area contributed by atoms with Crippen molar-refractivity contribution in [2.45, 2.75) is 0 Å². The number of rotatable bonds is 4. The van der Waals surface area contributed by atoms with Crippen LogP contribution in [0.25, 0.3) is 98.9 Å². The van der Waals surface area contributed by atoms with Crippen molar-refractivity contribution in [2.75, 3.05) is 0 Å². The molecule has 0 fully saturated rings. The fraction of sp³-hybridized carbons (Fsp3) is 0. The highest BCUT2D eigenvalue weighted by atomic mass is 16.1. The first-order valence-electron chi connectivity index (χ1n) is 17.6. The highest BCUT2D eigenvalue weighted by Crippen LogP contribution is 2.36. The van der Waals surface area contributed by atoms with E-state index in [1.165, 1.54) is 12.1 Å². The largest absolute Gasteiger partial charge is 0.289 e. The van der Waals surface area contributed by atoms with Crippen LogP contribution in [-0.2, 0) is 0 Å². The summed E-state index contributed by atoms with van der Waals surface area (Å²) in [6, 6.07) is 48.5. The van der Waals surface area contributed by atoms with E-state index in [-0.39, 0.29) is 54.5 Å². The van der Waals surface area contributed by atoms with Crippen LogP contribution in [0.15, 0.2) is 177 Å². The van der Waals surface area contributed by atoms with Gasteiger partial charge < -0.3 is 0 Å². The van der Waals surface area contributed by atoms with Crippen molar-refractivity contribution in [2.24, 2.45) is 0 Å². The molecule has 0 N–H and O–H groups in total. The molecule has 0 aliphatic rings. The van der Waals surface area contributed by atoms with Gasteiger partial charge in [-0.15, -0.1) is 0 Å². The third-order valence-corrected chi connectivity index (χ3v) is 10.4. The van der Waals surface area contributed by atoms with Crippen molar-refractivity contribution in [3.8, 4) is 44.5 Å². The molecule has 0 saturated heterocycles. The molecule has 6 nitrogen and oxygen atoms in total. The molecule has 252 valence electrons. The molecule has 9 aromatic carbocycles. The van der Waals surface area contributed by atoms with Gasteiger partial charge in [-0.25, -0.2) is 9.97 Å². The fourth-order valence-electron chi connectivity index (χ4n) is 7.88. The van der Waals surface area contributed by atoms with Crippen LogP contribution in [-0.4, -0.2) is 9.97 Å². The lowest BCUT2D eigenvalue weighted by atomic mass is 9.89. The summed E-state index contributed by atoms with van der Waals surface area (Å²) in [5.74, 6) is 0. The number of nitrogens with zero attached hydrogens (tertiary/aromatic N) is 2. The first kappa shape index (κ1) is 31.3. The van der Waals surface area contributed by atoms with Gasteiger partial charge in [-0.05, 0) is 56.6 Å². The summed E-state index contributed by atoms with van der Waals surface area (Å²) >= 11 is 0. The normalized spacial score (nSPS) is 11.6. The number of hydrogen-bond donors (Lipinski definition) is 0. The van der Waals surface area contributed by atoms with E-state index < -0.39 is 10.9 Å². The van der Waals surface area contributed by atoms with Crippen LogP contribution in [0, 0.1) is 0 Å². The Kier molecular flexibility index (Phi) is 7.00. The Bertz CT molecular complexity index is 2930. The van der Waals surface area contributed by atoms with E-state index in [9.17, 15) is 19.2 Å². The van der Waals surface area contributed by atoms with Gasteiger partial charge in [-0.2, -0.15) is 0 Å². The molecule has 10 aromatic rings. The number of aromatic nitrogens is 2. The molecular formula is C48H26N2O4. The molecule has 0 spiro atoms. The highest BCUT2D eigenvalue weighted by molar-refractivity contribution is 6.13. The van der Waals surface area contributed by atoms with E-state index in [0.717, 1.165) is 22.3 Å². The minimum Gasteiger partial charge on any atom is -0.289 e. The van der Waals surface area contributed by atoms with Crippen LogP contribution in [0.5, 0.6) is 0 Å². The molecule has 1 aromatic heterocycles. The van der Waals surface area contributed by atoms with Crippen molar-refractivity contribution in [1.29, 1.82) is 0 Å². The topological polar surface area (TPSA) is 94.1 Å². The average Bonchev–Trinajstić information content (AvgIpc) is 3.24. The van der Waals surface area contributed by atoms with Crippen LogP contribution in [0.2, 0.25) is 0 Å². The van der Waals surface area contributed by atoms with Crippen LogP contribution >= 0.6 is 0 Å². The maximum absolute atomic E-state index is 14.7. The minimum atomic E-state index is -0.435. The third kappa shape index (κ3) is 4.67. The van der Waals surface area contributed by atoms with E-state index in [0.29, 0.717) is 33.0 Å². The van der Waals surface area contributed by atoms with Gasteiger partial charge in [0.15, 0.2) is 10.9 Å². The molecular weight excluding hydrogens is 669 g/mol. The molecule has 10 rings (SSSR count). The molecule has 0 bridgehead atoms. The Morgan fingerprint density at radius 3 is 0.833 bits per heavy atom. The molecule has 0 saturated carbocycles. The fourth-order valence-corrected chi connectivity index (χ4v) is 7.88. The summed E-state index contributed by atoms with van der Waals surface area (Å²) in [5.41, 5.74) is 4.46. The van der Waals surface area contributed by atoms with Gasteiger partial charge in [0.05, 0.1) is 11.0 Å². The van der Waals surface area contributed by atoms with Crippen molar-refractivity contribution in [3.63, 3.8) is 0 Å². The van der Waals surface area contributed by atoms with E-state index in [1.54, 1.807) is 0 Å². The Balaban J connectivity index is 1.33. The predicted molar refractivity (Wildman–Crippen MR) is 219 cm³/mol. The van der Waals surface area contributed by atoms with Gasteiger partial charge in [0, 0.05) is 32.3 Å². The van der Waals surface area contributed by atoms with Crippen molar-refractivity contribution in [3.05, 3.63) is 199 Å². The maximum atomic E-state index is 14.7. The maximum Gasteiger partial charge on any atom is 0.215 e. The van der Waals surface area contributed by atoms with Gasteiger partial charge in [-0.1, -0.05) is 146 Å². The van der Waals surface area contributed by atoms with Crippen molar-refractivity contribution >= 4 is 54.4 Å². The predicted octanol–water partition coefficient (Wildman–Crippen LogP) is 9.23. The number of benzene rings is 9. The molecule has 0 atom stereocenters. The molecule has 0 aliphatic carbocycles. The van der Waals surface area contributed by atoms with E-state index in [4.69, 9.17) is 9.97 Å². The summed E-state index contributed by atoms with van der Waals surface area (Å²) < 4.78 is 0. The van der Waals surface area contributed by atoms with Gasteiger partial charge >= 0.3 is 0 Å². The minimum absolute atomic E-state index is 0.0892. The first-order valence-corrected chi connectivity index (χ1v) is 17.6. The Labute approximate surface area is 306 Å². The molecule has 0 amide bonds. The lowest BCUT2D eigenvalue weighted by Crippen LogP contribution is -2.18. The summed E-state index contributed by atoms with van der Waals surface area (Å²) in [6.07, 6.45) is 0. The Hall–Kier alpha value is -7.44. The molecule has 0 aliphatic heterocycles. The third-order valence-electron chi connectivity index (χ3n) is 10.4. The lowest BCUT2D eigenvalue weighted by Gasteiger charge is -2.13. The SMILES string of the molecule is O=c1c2cc3nc4c(=O)c5c(-c6ccccc6)ccc(-c6ccccc6)c5c(=O)c4nc3cc2c(=O)c2c(-c3ccccc3)ccc(-c3ccccc3)c12. The molecule has 54 heavy (non-hydrogen) atoms. The molecule has 0 unspecified atom stereocenters. The van der Waals surface area contributed by atoms with E-state index in [1.807, 2.05) is 146 Å². The van der Waals surface area contributed by atoms with E-state index in [2.05, 4.69) is 0 Å². The zero-order valence-electron chi connectivity index (χ0n) is 28.5. The lowest BCUT2D eigenvalue weighted by molar-refractivity contribution is 1.38. The Morgan fingerprint density at radius 1 is 0.296 bits per heavy atom. The van der Waals surface area contributed by atoms with Crippen LogP contribution in [0.3, 0.4) is 0 Å². The first-order chi connectivity index (χ1) is 26.5. The highest BCUT2D eigenvalue weighted by Gasteiger charge is 2.23. The second-order valence-electron chi connectivity index (χ2n) is 13.4. The molecule has 6 heteroatoms. The number of hydrogen-bond acceptors (Lipinski definition) is 6. The van der Waals surface area contributed by atoms with Gasteiger partial charge in [0.25, 0.3) is 0 Å². The second kappa shape index (κ2) is 12.1. The standard InChI is InChI=1S/C48H26N2O4/c51-45-35-25-37-38(26-36(35)46(52)40-32(28-15-7-2-8-16-28)22-21-31(39(40)45)27-13-5-1-6-14-27)50-44-43(49-37)47(53)41-33(29-17-9-3-10-18-29)23-24-34(42(41)48(44)54)30-19-11-4-12-20-30/h1-26H. The van der Waals surface area contributed by atoms with Gasteiger partial charge in [-0.3, -0.25) is 19.2 Å². The molecule has 1 heterocycles. The van der Waals surface area contributed by atoms with E-state index >= 15 is 0 Å². The van der Waals surface area contributed by atoms with Crippen LogP contribution in [0.1, 0.15) is 0 Å². The monoisotopic (exact) mass is 694 g/mol. The summed E-state index contributed by atoms with van der Waals surface area (Å²) in [6.45, 7) is 0. The zero-order chi connectivity index (χ0) is 36.5. The van der Waals surface area contributed by atoms with Crippen LogP contribution in [0.4, 0.5) is 0 Å². The van der Waals surface area contributed by atoms with Crippen LogP contribution < -0.4 is 21.7 Å². The number of fused-ring (bicyclic) bond motifs is 5. The smallest absolute Gasteiger partial charge is 0.215 e. The quantitative estimate of drug-likeness (QED) is 0.171. The molecule has 0 radical (unpaired) electrons. The summed E-state index contributed by atoms with van der Waals surface area (Å²) in [4.78, 5) is 68.2. The van der Waals surface area contributed by atoms with Gasteiger partial charge in [0.2, 0.25) is 10.9 Å². The zero-order valence-corrected chi connectivity index (χ0v) is 28.5. The van der Waals surface area contributed by atoms with Crippen molar-refractivity contribution in [1.82, 2.24) is 9.97 Å². The Morgan fingerprint density at radius 2 is 0.556 bits per heavy atom. The average molecular weight is 695 g/mol. The van der Waals surface area contributed by atoms with Crippen molar-refractivity contribution < 1.29 is 0 Å². The summed E-state index contributed by atoms with van der Waals surface area (Å²) in [5, 5.41) is 1.48.